The average Bonchev–Trinajstić information content (AvgIpc) is 2.52. The predicted molar refractivity (Wildman–Crippen MR) is 84.8 cm³/mol. The van der Waals surface area contributed by atoms with Gasteiger partial charge in [-0.2, -0.15) is 0 Å². The quantitative estimate of drug-likeness (QED) is 0.751. The molecular formula is C17H17ClO4. The van der Waals surface area contributed by atoms with Crippen molar-refractivity contribution in [3.8, 4) is 11.5 Å². The molecule has 2 rings (SSSR count). The van der Waals surface area contributed by atoms with Gasteiger partial charge in [0.15, 0.2) is 0 Å². The van der Waals surface area contributed by atoms with E-state index in [1.165, 1.54) is 0 Å². The summed E-state index contributed by atoms with van der Waals surface area (Å²) < 4.78 is 11.2. The van der Waals surface area contributed by atoms with Crippen LogP contribution in [0, 0.1) is 0 Å². The lowest BCUT2D eigenvalue weighted by Crippen LogP contribution is -2.10. The molecule has 0 fully saturated rings. The molecule has 0 aliphatic carbocycles. The van der Waals surface area contributed by atoms with Crippen LogP contribution in [0.2, 0.25) is 5.02 Å². The van der Waals surface area contributed by atoms with Crippen molar-refractivity contribution in [3.63, 3.8) is 0 Å². The molecule has 0 aliphatic rings. The molecule has 22 heavy (non-hydrogen) atoms. The molecule has 0 saturated heterocycles. The van der Waals surface area contributed by atoms with Crippen LogP contribution in [0.3, 0.4) is 0 Å². The van der Waals surface area contributed by atoms with Crippen LogP contribution in [0.1, 0.15) is 12.0 Å². The molecule has 0 atom stereocenters. The fourth-order valence-electron chi connectivity index (χ4n) is 1.95. The summed E-state index contributed by atoms with van der Waals surface area (Å²) in [5.41, 5.74) is 0.787. The Morgan fingerprint density at radius 2 is 1.77 bits per heavy atom. The Balaban J connectivity index is 1.87. The van der Waals surface area contributed by atoms with Gasteiger partial charge < -0.3 is 14.6 Å². The Labute approximate surface area is 134 Å². The number of ether oxygens (including phenoxy) is 2. The van der Waals surface area contributed by atoms with Crippen molar-refractivity contribution in [2.24, 2.45) is 0 Å². The molecule has 1 N–H and O–H groups in total. The molecule has 0 saturated carbocycles. The number of rotatable bonds is 8. The number of carbonyl (C=O) groups is 1. The zero-order valence-corrected chi connectivity index (χ0v) is 12.8. The van der Waals surface area contributed by atoms with Crippen LogP contribution >= 0.6 is 11.6 Å². The van der Waals surface area contributed by atoms with Gasteiger partial charge in [-0.15, -0.1) is 0 Å². The van der Waals surface area contributed by atoms with Crippen molar-refractivity contribution in [2.75, 3.05) is 13.2 Å². The van der Waals surface area contributed by atoms with Gasteiger partial charge in [0, 0.05) is 11.4 Å². The van der Waals surface area contributed by atoms with Crippen LogP contribution in [0.4, 0.5) is 0 Å². The molecular weight excluding hydrogens is 304 g/mol. The maximum Gasteiger partial charge on any atom is 0.303 e. The number of aryl methyl sites for hydroxylation is 1. The van der Waals surface area contributed by atoms with Gasteiger partial charge in [-0.05, 0) is 42.3 Å². The van der Waals surface area contributed by atoms with Crippen molar-refractivity contribution < 1.29 is 19.4 Å². The zero-order chi connectivity index (χ0) is 15.8. The first-order valence-corrected chi connectivity index (χ1v) is 7.34. The predicted octanol–water partition coefficient (Wildman–Crippen LogP) is 3.82. The number of carboxylic acids is 1. The highest BCUT2D eigenvalue weighted by molar-refractivity contribution is 6.30. The van der Waals surface area contributed by atoms with Crippen molar-refractivity contribution in [1.82, 2.24) is 0 Å². The average molecular weight is 321 g/mol. The lowest BCUT2D eigenvalue weighted by Gasteiger charge is -2.12. The number of carboxylic acid groups (broad SMARTS) is 1. The van der Waals surface area contributed by atoms with Gasteiger partial charge in [-0.25, -0.2) is 0 Å². The van der Waals surface area contributed by atoms with E-state index in [1.54, 1.807) is 18.2 Å². The lowest BCUT2D eigenvalue weighted by molar-refractivity contribution is -0.136. The molecule has 0 unspecified atom stereocenters. The number of benzene rings is 2. The Morgan fingerprint density at radius 3 is 2.50 bits per heavy atom. The summed E-state index contributed by atoms with van der Waals surface area (Å²) >= 11 is 5.95. The SMILES string of the molecule is O=C(O)CCc1cc(Cl)ccc1OCCOc1ccccc1. The van der Waals surface area contributed by atoms with Gasteiger partial charge in [0.2, 0.25) is 0 Å². The molecule has 0 heterocycles. The first-order chi connectivity index (χ1) is 10.6. The number of aliphatic carboxylic acids is 1. The maximum absolute atomic E-state index is 10.7. The summed E-state index contributed by atoms with van der Waals surface area (Å²) in [5, 5.41) is 9.34. The minimum absolute atomic E-state index is 0.0389. The van der Waals surface area contributed by atoms with Gasteiger partial charge >= 0.3 is 5.97 Å². The summed E-state index contributed by atoms with van der Waals surface area (Å²) in [7, 11) is 0. The Bertz CT molecular complexity index is 613. The summed E-state index contributed by atoms with van der Waals surface area (Å²) in [6.07, 6.45) is 0.419. The summed E-state index contributed by atoms with van der Waals surface area (Å²) in [5.74, 6) is 0.578. The molecule has 4 nitrogen and oxygen atoms in total. The van der Waals surface area contributed by atoms with Crippen molar-refractivity contribution in [1.29, 1.82) is 0 Å². The van der Waals surface area contributed by atoms with Crippen LogP contribution in [-0.4, -0.2) is 24.3 Å². The third-order valence-electron chi connectivity index (χ3n) is 2.98. The highest BCUT2D eigenvalue weighted by atomic mass is 35.5. The minimum Gasteiger partial charge on any atom is -0.490 e. The number of para-hydroxylation sites is 1. The molecule has 0 aromatic heterocycles. The zero-order valence-electron chi connectivity index (χ0n) is 12.0. The highest BCUT2D eigenvalue weighted by Crippen LogP contribution is 2.24. The van der Waals surface area contributed by atoms with E-state index >= 15 is 0 Å². The third-order valence-corrected chi connectivity index (χ3v) is 3.22. The van der Waals surface area contributed by atoms with Crippen LogP contribution in [-0.2, 0) is 11.2 Å². The van der Waals surface area contributed by atoms with E-state index in [-0.39, 0.29) is 6.42 Å². The van der Waals surface area contributed by atoms with E-state index in [0.29, 0.717) is 30.4 Å². The number of halogens is 1. The van der Waals surface area contributed by atoms with E-state index in [2.05, 4.69) is 0 Å². The fraction of sp³-hybridized carbons (Fsp3) is 0.235. The normalized spacial score (nSPS) is 10.2. The molecule has 2 aromatic rings. The molecule has 116 valence electrons. The van der Waals surface area contributed by atoms with Gasteiger partial charge in [0.1, 0.15) is 24.7 Å². The van der Waals surface area contributed by atoms with Gasteiger partial charge in [-0.3, -0.25) is 4.79 Å². The fourth-order valence-corrected chi connectivity index (χ4v) is 2.15. The molecule has 5 heteroatoms. The van der Waals surface area contributed by atoms with Gasteiger partial charge in [-0.1, -0.05) is 29.8 Å². The van der Waals surface area contributed by atoms with E-state index < -0.39 is 5.97 Å². The van der Waals surface area contributed by atoms with E-state index in [9.17, 15) is 4.79 Å². The van der Waals surface area contributed by atoms with E-state index in [1.807, 2.05) is 30.3 Å². The van der Waals surface area contributed by atoms with Crippen molar-refractivity contribution in [2.45, 2.75) is 12.8 Å². The standard InChI is InChI=1S/C17H17ClO4/c18-14-7-8-16(13(12-14)6-9-17(19)20)22-11-10-21-15-4-2-1-3-5-15/h1-5,7-8,12H,6,9-11H2,(H,19,20). The second kappa shape index (κ2) is 8.29. The van der Waals surface area contributed by atoms with Crippen molar-refractivity contribution in [3.05, 3.63) is 59.1 Å². The molecule has 0 bridgehead atoms. The molecule has 0 radical (unpaired) electrons. The van der Waals surface area contributed by atoms with E-state index in [0.717, 1.165) is 11.3 Å². The summed E-state index contributed by atoms with van der Waals surface area (Å²) in [6.45, 7) is 0.779. The highest BCUT2D eigenvalue weighted by Gasteiger charge is 2.07. The first kappa shape index (κ1) is 16.2. The smallest absolute Gasteiger partial charge is 0.303 e. The molecule has 0 spiro atoms. The first-order valence-electron chi connectivity index (χ1n) is 6.96. The lowest BCUT2D eigenvalue weighted by atomic mass is 10.1. The van der Waals surface area contributed by atoms with Crippen LogP contribution in [0.25, 0.3) is 0 Å². The Kier molecular flexibility index (Phi) is 6.10. The molecule has 0 amide bonds. The second-order valence-electron chi connectivity index (χ2n) is 4.66. The Morgan fingerprint density at radius 1 is 1.05 bits per heavy atom. The van der Waals surface area contributed by atoms with Crippen molar-refractivity contribution >= 4 is 17.6 Å². The summed E-state index contributed by atoms with van der Waals surface area (Å²) in [4.78, 5) is 10.7. The maximum atomic E-state index is 10.7. The third kappa shape index (κ3) is 5.30. The second-order valence-corrected chi connectivity index (χ2v) is 5.09. The van der Waals surface area contributed by atoms with E-state index in [4.69, 9.17) is 26.2 Å². The molecule has 2 aromatic carbocycles. The summed E-state index contributed by atoms with van der Waals surface area (Å²) in [6, 6.07) is 14.7. The molecule has 0 aliphatic heterocycles. The number of hydrogen-bond acceptors (Lipinski definition) is 3. The van der Waals surface area contributed by atoms with Gasteiger partial charge in [0.05, 0.1) is 0 Å². The largest absolute Gasteiger partial charge is 0.490 e. The van der Waals surface area contributed by atoms with Crippen LogP contribution in [0.5, 0.6) is 11.5 Å². The number of hydrogen-bond donors (Lipinski definition) is 1. The minimum atomic E-state index is -0.849. The topological polar surface area (TPSA) is 55.8 Å². The van der Waals surface area contributed by atoms with Gasteiger partial charge in [0.25, 0.3) is 0 Å². The van der Waals surface area contributed by atoms with Crippen LogP contribution in [0.15, 0.2) is 48.5 Å². The van der Waals surface area contributed by atoms with Crippen LogP contribution < -0.4 is 9.47 Å². The Hall–Kier alpha value is -2.20. The monoisotopic (exact) mass is 320 g/mol.